The number of hydrogen-bond acceptors (Lipinski definition) is 4. The van der Waals surface area contributed by atoms with Gasteiger partial charge in [-0.25, -0.2) is 0 Å². The van der Waals surface area contributed by atoms with Crippen molar-refractivity contribution in [2.24, 2.45) is 17.6 Å². The van der Waals surface area contributed by atoms with Gasteiger partial charge in [-0.15, -0.1) is 0 Å². The third-order valence-corrected chi connectivity index (χ3v) is 7.84. The molecule has 2 fully saturated rings. The molecule has 1 amide bonds. The van der Waals surface area contributed by atoms with E-state index in [0.717, 1.165) is 38.0 Å². The van der Waals surface area contributed by atoms with Gasteiger partial charge in [-0.05, 0) is 47.6 Å². The summed E-state index contributed by atoms with van der Waals surface area (Å²) < 4.78 is 6.31. The number of hydrogen-bond donors (Lipinski definition) is 1. The van der Waals surface area contributed by atoms with Crippen molar-refractivity contribution in [3.8, 4) is 0 Å². The number of nitrogens with two attached hydrogens (primary N) is 1. The molecule has 0 aromatic heterocycles. The van der Waals surface area contributed by atoms with E-state index in [9.17, 15) is 4.79 Å². The van der Waals surface area contributed by atoms with Gasteiger partial charge in [0.25, 0.3) is 0 Å². The number of ether oxygens (including phenoxy) is 1. The lowest BCUT2D eigenvalue weighted by Crippen LogP contribution is -2.52. The van der Waals surface area contributed by atoms with Crippen molar-refractivity contribution >= 4 is 22.4 Å². The van der Waals surface area contributed by atoms with Crippen molar-refractivity contribution in [1.82, 2.24) is 4.90 Å². The Kier molecular flexibility index (Phi) is 5.63. The van der Waals surface area contributed by atoms with Crippen LogP contribution in [0, 0.1) is 11.8 Å². The number of methoxy groups -OCH3 is 1. The summed E-state index contributed by atoms with van der Waals surface area (Å²) in [4.78, 5) is 16.6. The maximum absolute atomic E-state index is 11.8. The van der Waals surface area contributed by atoms with Gasteiger partial charge in [0.1, 0.15) is 5.60 Å². The van der Waals surface area contributed by atoms with Gasteiger partial charge in [0.15, 0.2) is 0 Å². The van der Waals surface area contributed by atoms with Crippen LogP contribution in [-0.2, 0) is 16.9 Å². The van der Waals surface area contributed by atoms with Crippen molar-refractivity contribution < 1.29 is 9.53 Å². The van der Waals surface area contributed by atoms with Crippen LogP contribution in [0.3, 0.4) is 0 Å². The molecule has 172 valence electrons. The van der Waals surface area contributed by atoms with Gasteiger partial charge in [0.2, 0.25) is 5.91 Å². The number of piperidine rings is 1. The summed E-state index contributed by atoms with van der Waals surface area (Å²) in [5, 5.41) is 2.63. The number of carbonyl (C=O) groups is 1. The minimum Gasteiger partial charge on any atom is -0.377 e. The first kappa shape index (κ1) is 21.9. The Morgan fingerprint density at radius 1 is 1.03 bits per heavy atom. The number of primary amides is 1. The van der Waals surface area contributed by atoms with Gasteiger partial charge in [-0.2, -0.15) is 0 Å². The maximum Gasteiger partial charge on any atom is 0.248 e. The average Bonchev–Trinajstić information content (AvgIpc) is 3.02. The lowest BCUT2D eigenvalue weighted by molar-refractivity contribution is -0.120. The minimum atomic E-state index is -0.388. The molecule has 1 saturated carbocycles. The van der Waals surface area contributed by atoms with Crippen molar-refractivity contribution in [3.63, 3.8) is 0 Å². The summed E-state index contributed by atoms with van der Waals surface area (Å²) in [7, 11) is 6.02. The second kappa shape index (κ2) is 8.47. The van der Waals surface area contributed by atoms with E-state index in [0.29, 0.717) is 17.4 Å². The van der Waals surface area contributed by atoms with E-state index in [4.69, 9.17) is 10.5 Å². The Balaban J connectivity index is 1.44. The molecule has 2 N–H and O–H groups in total. The number of anilines is 1. The predicted octanol–water partition coefficient (Wildman–Crippen LogP) is 4.39. The zero-order valence-electron chi connectivity index (χ0n) is 19.8. The lowest BCUT2D eigenvalue weighted by atomic mass is 9.74. The van der Waals surface area contributed by atoms with Crippen LogP contribution in [-0.4, -0.2) is 45.1 Å². The van der Waals surface area contributed by atoms with E-state index in [1.54, 1.807) is 6.07 Å². The summed E-state index contributed by atoms with van der Waals surface area (Å²) in [5.74, 6) is 0.384. The van der Waals surface area contributed by atoms with Crippen LogP contribution in [0.15, 0.2) is 60.7 Å². The molecule has 5 rings (SSSR count). The molecule has 3 aromatic carbocycles. The maximum atomic E-state index is 11.8. The van der Waals surface area contributed by atoms with Crippen LogP contribution in [0.25, 0.3) is 10.8 Å². The van der Waals surface area contributed by atoms with Gasteiger partial charge in [-0.3, -0.25) is 9.69 Å². The van der Waals surface area contributed by atoms with Crippen molar-refractivity contribution in [2.75, 3.05) is 39.2 Å². The highest BCUT2D eigenvalue weighted by Crippen LogP contribution is 2.54. The fourth-order valence-electron chi connectivity index (χ4n) is 6.40. The largest absolute Gasteiger partial charge is 0.377 e. The molecule has 5 nitrogen and oxygen atoms in total. The summed E-state index contributed by atoms with van der Waals surface area (Å²) in [6.07, 6.45) is 2.27. The van der Waals surface area contributed by atoms with E-state index in [-0.39, 0.29) is 11.5 Å². The smallest absolute Gasteiger partial charge is 0.248 e. The van der Waals surface area contributed by atoms with Crippen LogP contribution >= 0.6 is 0 Å². The van der Waals surface area contributed by atoms with E-state index < -0.39 is 0 Å². The second-order valence-corrected chi connectivity index (χ2v) is 9.79. The third kappa shape index (κ3) is 3.60. The van der Waals surface area contributed by atoms with Gasteiger partial charge in [0.05, 0.1) is 0 Å². The number of likely N-dealkylation sites (tertiary alicyclic amines) is 1. The first-order chi connectivity index (χ1) is 15.9. The highest BCUT2D eigenvalue weighted by molar-refractivity contribution is 5.96. The summed E-state index contributed by atoms with van der Waals surface area (Å²) in [5.41, 5.74) is 9.49. The van der Waals surface area contributed by atoms with Gasteiger partial charge in [-0.1, -0.05) is 42.5 Å². The van der Waals surface area contributed by atoms with Crippen LogP contribution in [0.1, 0.15) is 34.3 Å². The Bertz CT molecular complexity index is 1170. The third-order valence-electron chi connectivity index (χ3n) is 7.84. The highest BCUT2D eigenvalue weighted by Gasteiger charge is 2.55. The number of rotatable bonds is 6. The molecule has 0 spiro atoms. The lowest BCUT2D eigenvalue weighted by Gasteiger charge is -2.47. The van der Waals surface area contributed by atoms with E-state index in [2.05, 4.69) is 66.4 Å². The first-order valence-electron chi connectivity index (χ1n) is 11.8. The zero-order valence-corrected chi connectivity index (χ0v) is 19.8. The fraction of sp³-hybridized carbons (Fsp3) is 0.393. The van der Waals surface area contributed by atoms with Gasteiger partial charge in [0, 0.05) is 69.3 Å². The molecule has 3 aromatic rings. The Labute approximate surface area is 196 Å². The molecule has 5 heteroatoms. The highest BCUT2D eigenvalue weighted by atomic mass is 16.5. The molecule has 1 saturated heterocycles. The molecule has 33 heavy (non-hydrogen) atoms. The topological polar surface area (TPSA) is 58.8 Å². The standard InChI is InChI=1S/C28H33N3O2/c1-30(2)26-14-11-20(24-9-4-5-10-25(24)26)16-31-17-22-12-13-23(18-31)28(22,33-3)21-8-6-7-19(15-21)27(29)32/h4-11,14-15,22-23H,12-13,16-18H2,1-3H3,(H2,29,32). The fourth-order valence-corrected chi connectivity index (χ4v) is 6.40. The predicted molar refractivity (Wildman–Crippen MR) is 133 cm³/mol. The first-order valence-corrected chi connectivity index (χ1v) is 11.8. The Morgan fingerprint density at radius 2 is 1.73 bits per heavy atom. The Morgan fingerprint density at radius 3 is 2.36 bits per heavy atom. The normalized spacial score (nSPS) is 24.8. The van der Waals surface area contributed by atoms with Crippen molar-refractivity contribution in [1.29, 1.82) is 0 Å². The number of nitrogens with zero attached hydrogens (tertiary/aromatic N) is 2. The summed E-state index contributed by atoms with van der Waals surface area (Å²) in [6.45, 7) is 2.89. The molecular formula is C28H33N3O2. The zero-order chi connectivity index (χ0) is 23.2. The monoisotopic (exact) mass is 443 g/mol. The van der Waals surface area contributed by atoms with Gasteiger partial charge >= 0.3 is 0 Å². The van der Waals surface area contributed by atoms with Crippen LogP contribution in [0.4, 0.5) is 5.69 Å². The van der Waals surface area contributed by atoms with Crippen molar-refractivity contribution in [2.45, 2.75) is 25.0 Å². The van der Waals surface area contributed by atoms with Crippen LogP contribution < -0.4 is 10.6 Å². The molecule has 1 aliphatic carbocycles. The quantitative estimate of drug-likeness (QED) is 0.614. The van der Waals surface area contributed by atoms with E-state index >= 15 is 0 Å². The minimum absolute atomic E-state index is 0.348. The summed E-state index contributed by atoms with van der Waals surface area (Å²) >= 11 is 0. The number of amides is 1. The Hall–Kier alpha value is -2.89. The SMILES string of the molecule is COC1(c2cccc(C(N)=O)c2)C2CCC1CN(Cc1ccc(N(C)C)c3ccccc13)C2. The van der Waals surface area contributed by atoms with E-state index in [1.807, 2.05) is 19.2 Å². The molecule has 2 aliphatic rings. The molecule has 2 atom stereocenters. The summed E-state index contributed by atoms with van der Waals surface area (Å²) in [6, 6.07) is 21.0. The van der Waals surface area contributed by atoms with Crippen LogP contribution in [0.5, 0.6) is 0 Å². The molecule has 1 heterocycles. The van der Waals surface area contributed by atoms with Crippen LogP contribution in [0.2, 0.25) is 0 Å². The van der Waals surface area contributed by atoms with Crippen molar-refractivity contribution in [3.05, 3.63) is 77.4 Å². The molecule has 2 bridgehead atoms. The van der Waals surface area contributed by atoms with E-state index in [1.165, 1.54) is 22.0 Å². The molecule has 2 unspecified atom stereocenters. The number of benzene rings is 3. The molecular weight excluding hydrogens is 410 g/mol. The second-order valence-electron chi connectivity index (χ2n) is 9.79. The average molecular weight is 444 g/mol. The molecule has 0 radical (unpaired) electrons. The number of fused-ring (bicyclic) bond motifs is 3. The molecule has 1 aliphatic heterocycles. The van der Waals surface area contributed by atoms with Gasteiger partial charge < -0.3 is 15.4 Å². The number of carbonyl (C=O) groups excluding carboxylic acids is 1.